The van der Waals surface area contributed by atoms with E-state index in [2.05, 4.69) is 10.6 Å². The first-order valence-corrected chi connectivity index (χ1v) is 12.6. The fourth-order valence-corrected chi connectivity index (χ4v) is 4.96. The van der Waals surface area contributed by atoms with E-state index in [9.17, 15) is 14.4 Å². The maximum absolute atomic E-state index is 13.7. The van der Waals surface area contributed by atoms with E-state index in [0.29, 0.717) is 21.9 Å². The Morgan fingerprint density at radius 1 is 1.00 bits per heavy atom. The predicted molar refractivity (Wildman–Crippen MR) is 137 cm³/mol. The first kappa shape index (κ1) is 24.5. The Morgan fingerprint density at radius 3 is 2.34 bits per heavy atom. The summed E-state index contributed by atoms with van der Waals surface area (Å²) in [6.45, 7) is -0.241. The van der Waals surface area contributed by atoms with Gasteiger partial charge < -0.3 is 15.4 Å². The van der Waals surface area contributed by atoms with E-state index >= 15 is 0 Å². The van der Waals surface area contributed by atoms with E-state index < -0.39 is 6.04 Å². The van der Waals surface area contributed by atoms with Crippen molar-refractivity contribution >= 4 is 34.7 Å². The van der Waals surface area contributed by atoms with E-state index in [4.69, 9.17) is 4.74 Å². The Kier molecular flexibility index (Phi) is 8.15. The van der Waals surface area contributed by atoms with Crippen LogP contribution < -0.4 is 20.3 Å². The number of carbonyl (C=O) groups is 3. The van der Waals surface area contributed by atoms with Crippen molar-refractivity contribution in [3.63, 3.8) is 0 Å². The molecule has 2 N–H and O–H groups in total. The number of nitrogens with zero attached hydrogens (tertiary/aromatic N) is 1. The summed E-state index contributed by atoms with van der Waals surface area (Å²) >= 11 is 1.30. The number of carbonyl (C=O) groups excluding carboxylic acids is 3. The fraction of sp³-hybridized carbons (Fsp3) is 0.296. The van der Waals surface area contributed by atoms with E-state index in [-0.39, 0.29) is 30.3 Å². The number of rotatable bonds is 9. The van der Waals surface area contributed by atoms with Gasteiger partial charge in [0.25, 0.3) is 5.91 Å². The third-order valence-electron chi connectivity index (χ3n) is 6.09. The van der Waals surface area contributed by atoms with Crippen LogP contribution in [-0.4, -0.2) is 37.4 Å². The van der Waals surface area contributed by atoms with Gasteiger partial charge in [0, 0.05) is 11.7 Å². The summed E-state index contributed by atoms with van der Waals surface area (Å²) in [5.41, 5.74) is 1.23. The van der Waals surface area contributed by atoms with Gasteiger partial charge in [-0.3, -0.25) is 19.3 Å². The highest BCUT2D eigenvalue weighted by Crippen LogP contribution is 2.30. The second-order valence-electron chi connectivity index (χ2n) is 8.42. The zero-order valence-electron chi connectivity index (χ0n) is 19.6. The van der Waals surface area contributed by atoms with Crippen LogP contribution in [-0.2, 0) is 9.59 Å². The number of amides is 3. The lowest BCUT2D eigenvalue weighted by Gasteiger charge is -2.32. The maximum atomic E-state index is 13.7. The normalized spacial score (nSPS) is 14.2. The molecule has 2 aromatic carbocycles. The van der Waals surface area contributed by atoms with Gasteiger partial charge in [-0.2, -0.15) is 0 Å². The summed E-state index contributed by atoms with van der Waals surface area (Å²) in [6.07, 6.45) is 4.01. The summed E-state index contributed by atoms with van der Waals surface area (Å²) in [6, 6.07) is 18.9. The summed E-state index contributed by atoms with van der Waals surface area (Å²) < 4.78 is 5.28. The van der Waals surface area contributed by atoms with Gasteiger partial charge in [-0.15, -0.1) is 11.3 Å². The number of thiophene rings is 1. The van der Waals surface area contributed by atoms with E-state index in [1.165, 1.54) is 16.2 Å². The smallest absolute Gasteiger partial charge is 0.261 e. The predicted octanol–water partition coefficient (Wildman–Crippen LogP) is 4.32. The zero-order chi connectivity index (χ0) is 24.6. The number of nitrogens with one attached hydrogen (secondary N) is 2. The molecule has 1 aliphatic carbocycles. The Bertz CT molecular complexity index is 1130. The van der Waals surface area contributed by atoms with E-state index in [1.807, 2.05) is 18.2 Å². The van der Waals surface area contributed by atoms with Crippen molar-refractivity contribution < 1.29 is 19.1 Å². The van der Waals surface area contributed by atoms with Crippen LogP contribution in [0.2, 0.25) is 0 Å². The largest absolute Gasteiger partial charge is 0.497 e. The van der Waals surface area contributed by atoms with Crippen molar-refractivity contribution in [2.75, 3.05) is 18.6 Å². The number of ether oxygens (including phenoxy) is 1. The molecule has 1 fully saturated rings. The van der Waals surface area contributed by atoms with Crippen LogP contribution in [0.25, 0.3) is 0 Å². The highest BCUT2D eigenvalue weighted by Gasteiger charge is 2.34. The molecule has 3 aromatic rings. The molecule has 35 heavy (non-hydrogen) atoms. The molecule has 182 valence electrons. The maximum Gasteiger partial charge on any atom is 0.261 e. The van der Waals surface area contributed by atoms with Crippen molar-refractivity contribution in [1.82, 2.24) is 10.6 Å². The summed E-state index contributed by atoms with van der Waals surface area (Å²) in [5.74, 6) is -0.297. The van der Waals surface area contributed by atoms with Gasteiger partial charge >= 0.3 is 0 Å². The molecule has 7 nitrogen and oxygen atoms in total. The van der Waals surface area contributed by atoms with Crippen LogP contribution in [0.3, 0.4) is 0 Å². The van der Waals surface area contributed by atoms with Gasteiger partial charge in [-0.25, -0.2) is 0 Å². The Labute approximate surface area is 209 Å². The molecule has 1 atom stereocenters. The van der Waals surface area contributed by atoms with Crippen LogP contribution in [0, 0.1) is 0 Å². The van der Waals surface area contributed by atoms with Crippen LogP contribution in [0.4, 0.5) is 5.69 Å². The molecule has 1 heterocycles. The lowest BCUT2D eigenvalue weighted by molar-refractivity contribution is -0.126. The minimum absolute atomic E-state index is 0.0921. The molecule has 1 aliphatic rings. The van der Waals surface area contributed by atoms with Crippen molar-refractivity contribution in [2.24, 2.45) is 0 Å². The topological polar surface area (TPSA) is 87.7 Å². The third-order valence-corrected chi connectivity index (χ3v) is 6.96. The van der Waals surface area contributed by atoms with Crippen molar-refractivity contribution in [3.8, 4) is 5.75 Å². The van der Waals surface area contributed by atoms with Gasteiger partial charge in [0.05, 0.1) is 18.5 Å². The lowest BCUT2D eigenvalue weighted by Crippen LogP contribution is -2.49. The van der Waals surface area contributed by atoms with Crippen molar-refractivity contribution in [2.45, 2.75) is 37.8 Å². The Morgan fingerprint density at radius 2 is 1.71 bits per heavy atom. The Balaban J connectivity index is 1.66. The first-order chi connectivity index (χ1) is 17.1. The molecule has 0 radical (unpaired) electrons. The van der Waals surface area contributed by atoms with Gasteiger partial charge in [0.15, 0.2) is 0 Å². The molecular weight excluding hydrogens is 462 g/mol. The standard InChI is InChI=1S/C27H29N3O4S/c1-34-22-15-13-19(14-16-22)25(27(33)29-20-8-5-6-9-20)30(21-10-3-2-4-11-21)24(31)18-28-26(32)23-12-7-17-35-23/h2-4,7,10-17,20,25H,5-6,8-9,18H2,1H3,(H,28,32)(H,29,33). The molecule has 4 rings (SSSR count). The van der Waals surface area contributed by atoms with Gasteiger partial charge in [-0.1, -0.05) is 49.2 Å². The van der Waals surface area contributed by atoms with Crippen molar-refractivity contribution in [1.29, 1.82) is 0 Å². The molecule has 1 unspecified atom stereocenters. The number of hydrogen-bond acceptors (Lipinski definition) is 5. The molecule has 1 saturated carbocycles. The van der Waals surface area contributed by atoms with Crippen molar-refractivity contribution in [3.05, 3.63) is 82.6 Å². The molecule has 0 bridgehead atoms. The molecule has 3 amide bonds. The summed E-state index contributed by atoms with van der Waals surface area (Å²) in [5, 5.41) is 7.65. The van der Waals surface area contributed by atoms with Gasteiger partial charge in [-0.05, 0) is 54.1 Å². The quantitative estimate of drug-likeness (QED) is 0.467. The number of methoxy groups -OCH3 is 1. The number of benzene rings is 2. The number of hydrogen-bond donors (Lipinski definition) is 2. The van der Waals surface area contributed by atoms with E-state index in [1.54, 1.807) is 61.0 Å². The number of anilines is 1. The molecule has 0 aliphatic heterocycles. The summed E-state index contributed by atoms with van der Waals surface area (Å²) in [4.78, 5) is 41.8. The minimum Gasteiger partial charge on any atom is -0.497 e. The zero-order valence-corrected chi connectivity index (χ0v) is 20.4. The van der Waals surface area contributed by atoms with Crippen LogP contribution in [0.15, 0.2) is 72.1 Å². The fourth-order valence-electron chi connectivity index (χ4n) is 4.32. The first-order valence-electron chi connectivity index (χ1n) is 11.7. The Hall–Kier alpha value is -3.65. The average molecular weight is 492 g/mol. The molecule has 8 heteroatoms. The van der Waals surface area contributed by atoms with Gasteiger partial charge in [0.1, 0.15) is 11.8 Å². The van der Waals surface area contributed by atoms with Crippen LogP contribution in [0.1, 0.15) is 47.0 Å². The second-order valence-corrected chi connectivity index (χ2v) is 9.37. The van der Waals surface area contributed by atoms with Crippen LogP contribution >= 0.6 is 11.3 Å². The average Bonchev–Trinajstić information content (AvgIpc) is 3.61. The molecule has 1 aromatic heterocycles. The minimum atomic E-state index is -0.907. The number of para-hydroxylation sites is 1. The molecular formula is C27H29N3O4S. The second kappa shape index (κ2) is 11.7. The summed E-state index contributed by atoms with van der Waals surface area (Å²) in [7, 11) is 1.58. The van der Waals surface area contributed by atoms with Gasteiger partial charge in [0.2, 0.25) is 11.8 Å². The SMILES string of the molecule is COc1ccc(C(C(=O)NC2CCCC2)N(C(=O)CNC(=O)c2cccs2)c2ccccc2)cc1. The lowest BCUT2D eigenvalue weighted by atomic mass is 10.0. The van der Waals surface area contributed by atoms with Crippen LogP contribution in [0.5, 0.6) is 5.75 Å². The highest BCUT2D eigenvalue weighted by atomic mass is 32.1. The monoisotopic (exact) mass is 491 g/mol. The third kappa shape index (κ3) is 6.08. The molecule has 0 saturated heterocycles. The van der Waals surface area contributed by atoms with E-state index in [0.717, 1.165) is 25.7 Å². The highest BCUT2D eigenvalue weighted by molar-refractivity contribution is 7.12. The molecule has 0 spiro atoms.